The summed E-state index contributed by atoms with van der Waals surface area (Å²) in [7, 11) is 0. The van der Waals surface area contributed by atoms with Crippen molar-refractivity contribution in [2.75, 3.05) is 0 Å². The normalized spacial score (nSPS) is 12.9. The van der Waals surface area contributed by atoms with E-state index in [-0.39, 0.29) is 44.5 Å². The number of hydrogen-bond donors (Lipinski definition) is 2. The molecule has 0 bridgehead atoms. The highest BCUT2D eigenvalue weighted by atomic mass is 16.6. The minimum absolute atomic E-state index is 0.0272. The first-order chi connectivity index (χ1) is 20.5. The topological polar surface area (TPSA) is 186 Å². The monoisotopic (exact) mass is 574 g/mol. The Morgan fingerprint density at radius 1 is 0.419 bits per heavy atom. The fraction of sp³-hybridized carbons (Fsp3) is 0. The largest absolute Gasteiger partial charge is 0.478 e. The van der Waals surface area contributed by atoms with E-state index in [9.17, 15) is 48.6 Å². The molecule has 0 saturated heterocycles. The number of carbonyl (C=O) groups is 8. The fourth-order valence-electron chi connectivity index (χ4n) is 5.18. The number of rotatable bonds is 4. The first kappa shape index (κ1) is 26.8. The molecule has 0 aliphatic heterocycles. The smallest absolute Gasteiger partial charge is 0.346 e. The molecule has 11 nitrogen and oxygen atoms in total. The van der Waals surface area contributed by atoms with Crippen molar-refractivity contribution in [2.24, 2.45) is 0 Å². The van der Waals surface area contributed by atoms with Gasteiger partial charge in [0.25, 0.3) is 0 Å². The summed E-state index contributed by atoms with van der Waals surface area (Å²) in [6.07, 6.45) is 0. The van der Waals surface area contributed by atoms with E-state index in [4.69, 9.17) is 4.74 Å². The number of carboxylic acid groups (broad SMARTS) is 2. The van der Waals surface area contributed by atoms with E-state index in [1.54, 1.807) is 0 Å². The number of carboxylic acids is 2. The summed E-state index contributed by atoms with van der Waals surface area (Å²) in [4.78, 5) is 103. The predicted octanol–water partition coefficient (Wildman–Crippen LogP) is 3.63. The number of ketones is 4. The molecule has 0 heterocycles. The number of esters is 2. The van der Waals surface area contributed by atoms with Crippen molar-refractivity contribution in [1.82, 2.24) is 0 Å². The van der Waals surface area contributed by atoms with E-state index in [2.05, 4.69) is 0 Å². The van der Waals surface area contributed by atoms with Gasteiger partial charge in [0.1, 0.15) is 0 Å². The van der Waals surface area contributed by atoms with Gasteiger partial charge in [0.05, 0.1) is 22.3 Å². The average molecular weight is 574 g/mol. The van der Waals surface area contributed by atoms with E-state index in [1.807, 2.05) is 0 Å². The van der Waals surface area contributed by atoms with Crippen LogP contribution in [-0.2, 0) is 4.74 Å². The molecule has 0 unspecified atom stereocenters. The maximum Gasteiger partial charge on any atom is 0.346 e. The Labute approximate surface area is 240 Å². The van der Waals surface area contributed by atoms with Gasteiger partial charge in [0, 0.05) is 44.5 Å². The standard InChI is InChI=1S/C32H14O11/c33-25-13-5-1-3-7-15(13)27(35)19-11-23(21(29(37)38)9-17(19)25)31(41)43-32(42)24-12-20-18(10-22(24)30(39)40)26(34)14-6-2-4-8-16(14)28(20)36/h1-12H,(H,37,38)(H,39,40). The third-order valence-electron chi connectivity index (χ3n) is 7.21. The second-order valence-corrected chi connectivity index (χ2v) is 9.58. The molecule has 2 aliphatic rings. The molecule has 0 aromatic heterocycles. The van der Waals surface area contributed by atoms with Gasteiger partial charge in [-0.15, -0.1) is 0 Å². The molecule has 0 atom stereocenters. The van der Waals surface area contributed by atoms with E-state index in [1.165, 1.54) is 48.5 Å². The molecule has 0 saturated carbocycles. The molecular weight excluding hydrogens is 560 g/mol. The van der Waals surface area contributed by atoms with Crippen molar-refractivity contribution in [3.05, 3.63) is 140 Å². The van der Waals surface area contributed by atoms with Crippen molar-refractivity contribution in [2.45, 2.75) is 0 Å². The number of ether oxygens (including phenoxy) is 1. The molecule has 0 spiro atoms. The Kier molecular flexibility index (Phi) is 6.01. The minimum atomic E-state index is -1.68. The fourth-order valence-corrected chi connectivity index (χ4v) is 5.18. The van der Waals surface area contributed by atoms with E-state index >= 15 is 0 Å². The van der Waals surface area contributed by atoms with Crippen LogP contribution in [-0.4, -0.2) is 57.2 Å². The molecule has 0 fully saturated rings. The highest BCUT2D eigenvalue weighted by molar-refractivity contribution is 6.30. The SMILES string of the molecule is O=C(O)c1cc2c(cc1C(=O)OC(=O)c1cc3c(cc1C(=O)O)C(=O)c1ccccc1C3=O)C(=O)c1ccccc1C2=O. The maximum absolute atomic E-state index is 13.2. The van der Waals surface area contributed by atoms with Crippen molar-refractivity contribution >= 4 is 47.0 Å². The molecule has 208 valence electrons. The molecule has 4 aromatic rings. The molecule has 4 aromatic carbocycles. The highest BCUT2D eigenvalue weighted by Crippen LogP contribution is 2.32. The van der Waals surface area contributed by atoms with Gasteiger partial charge in [-0.2, -0.15) is 0 Å². The first-order valence-electron chi connectivity index (χ1n) is 12.5. The molecular formula is C32H14O11. The number of hydrogen-bond acceptors (Lipinski definition) is 9. The van der Waals surface area contributed by atoms with Crippen LogP contribution in [0, 0.1) is 0 Å². The van der Waals surface area contributed by atoms with Crippen molar-refractivity contribution in [3.8, 4) is 0 Å². The molecule has 0 radical (unpaired) electrons. The Bertz CT molecular complexity index is 1920. The minimum Gasteiger partial charge on any atom is -0.478 e. The second-order valence-electron chi connectivity index (χ2n) is 9.58. The van der Waals surface area contributed by atoms with Gasteiger partial charge in [-0.05, 0) is 24.3 Å². The number of fused-ring (bicyclic) bond motifs is 4. The van der Waals surface area contributed by atoms with Crippen LogP contribution >= 0.6 is 0 Å². The molecule has 11 heteroatoms. The Balaban J connectivity index is 1.41. The Morgan fingerprint density at radius 3 is 0.930 bits per heavy atom. The summed E-state index contributed by atoms with van der Waals surface area (Å²) in [6, 6.07) is 15.0. The lowest BCUT2D eigenvalue weighted by molar-refractivity contribution is 0.0386. The summed E-state index contributed by atoms with van der Waals surface area (Å²) >= 11 is 0. The number of aromatic carboxylic acids is 2. The summed E-state index contributed by atoms with van der Waals surface area (Å²) in [6.45, 7) is 0. The third kappa shape index (κ3) is 4.06. The van der Waals surface area contributed by atoms with Crippen LogP contribution in [0.5, 0.6) is 0 Å². The molecule has 2 N–H and O–H groups in total. The zero-order chi connectivity index (χ0) is 30.7. The van der Waals surface area contributed by atoms with Crippen LogP contribution in [0.3, 0.4) is 0 Å². The van der Waals surface area contributed by atoms with Gasteiger partial charge in [0.15, 0.2) is 23.1 Å². The van der Waals surface area contributed by atoms with Crippen LogP contribution in [0.4, 0.5) is 0 Å². The van der Waals surface area contributed by atoms with Crippen LogP contribution in [0.2, 0.25) is 0 Å². The van der Waals surface area contributed by atoms with Gasteiger partial charge >= 0.3 is 23.9 Å². The Hall–Kier alpha value is -6.36. The van der Waals surface area contributed by atoms with Crippen LogP contribution in [0.25, 0.3) is 0 Å². The zero-order valence-electron chi connectivity index (χ0n) is 21.5. The van der Waals surface area contributed by atoms with Gasteiger partial charge < -0.3 is 14.9 Å². The van der Waals surface area contributed by atoms with Crippen LogP contribution < -0.4 is 0 Å². The van der Waals surface area contributed by atoms with Gasteiger partial charge in [-0.25, -0.2) is 19.2 Å². The lowest BCUT2D eigenvalue weighted by Gasteiger charge is -2.20. The summed E-state index contributed by atoms with van der Waals surface area (Å²) in [5.74, 6) is -9.12. The zero-order valence-corrected chi connectivity index (χ0v) is 21.5. The number of carbonyl (C=O) groups excluding carboxylic acids is 6. The van der Waals surface area contributed by atoms with E-state index in [0.717, 1.165) is 24.3 Å². The van der Waals surface area contributed by atoms with Crippen molar-refractivity contribution in [3.63, 3.8) is 0 Å². The van der Waals surface area contributed by atoms with Gasteiger partial charge in [0.2, 0.25) is 0 Å². The van der Waals surface area contributed by atoms with Crippen molar-refractivity contribution < 1.29 is 53.3 Å². The van der Waals surface area contributed by atoms with Crippen molar-refractivity contribution in [1.29, 1.82) is 0 Å². The maximum atomic E-state index is 13.2. The lowest BCUT2D eigenvalue weighted by Crippen LogP contribution is -2.25. The average Bonchev–Trinajstić information content (AvgIpc) is 3.01. The third-order valence-corrected chi connectivity index (χ3v) is 7.21. The second kappa shape index (κ2) is 9.63. The van der Waals surface area contributed by atoms with E-state index in [0.29, 0.717) is 0 Å². The van der Waals surface area contributed by atoms with Gasteiger partial charge in [-0.3, -0.25) is 19.2 Å². The summed E-state index contributed by atoms with van der Waals surface area (Å²) < 4.78 is 4.85. The molecule has 2 aliphatic carbocycles. The van der Waals surface area contributed by atoms with Gasteiger partial charge in [-0.1, -0.05) is 48.5 Å². The molecule has 0 amide bonds. The molecule has 43 heavy (non-hydrogen) atoms. The van der Waals surface area contributed by atoms with E-state index < -0.39 is 69.3 Å². The van der Waals surface area contributed by atoms with Crippen LogP contribution in [0.15, 0.2) is 72.8 Å². The summed E-state index contributed by atoms with van der Waals surface area (Å²) in [5.41, 5.74) is -3.99. The highest BCUT2D eigenvalue weighted by Gasteiger charge is 2.36. The van der Waals surface area contributed by atoms with Crippen LogP contribution in [0.1, 0.15) is 105 Å². The first-order valence-corrected chi connectivity index (χ1v) is 12.5. The lowest BCUT2D eigenvalue weighted by atomic mass is 9.82. The quantitative estimate of drug-likeness (QED) is 0.231. The molecule has 6 rings (SSSR count). The predicted molar refractivity (Wildman–Crippen MR) is 143 cm³/mol. The summed E-state index contributed by atoms with van der Waals surface area (Å²) in [5, 5.41) is 19.5. The Morgan fingerprint density at radius 2 is 0.674 bits per heavy atom. The number of benzene rings is 4.